The summed E-state index contributed by atoms with van der Waals surface area (Å²) in [6, 6.07) is 8.08. The fourth-order valence-corrected chi connectivity index (χ4v) is 3.30. The number of fused-ring (bicyclic) bond motifs is 1. The first kappa shape index (κ1) is 15.0. The predicted octanol–water partition coefficient (Wildman–Crippen LogP) is 2.12. The van der Waals surface area contributed by atoms with E-state index in [1.165, 1.54) is 6.07 Å². The SMILES string of the molecule is CC(C)CC(CO)NS(=O)(=O)c1cc2ccccc2o1. The van der Waals surface area contributed by atoms with Crippen molar-refractivity contribution in [1.29, 1.82) is 0 Å². The maximum atomic E-state index is 12.2. The van der Waals surface area contributed by atoms with Gasteiger partial charge in [0.15, 0.2) is 0 Å². The van der Waals surface area contributed by atoms with Crippen LogP contribution in [0.1, 0.15) is 20.3 Å². The van der Waals surface area contributed by atoms with Crippen LogP contribution in [0.2, 0.25) is 0 Å². The van der Waals surface area contributed by atoms with Crippen molar-refractivity contribution < 1.29 is 17.9 Å². The van der Waals surface area contributed by atoms with E-state index in [1.807, 2.05) is 19.9 Å². The highest BCUT2D eigenvalue weighted by atomic mass is 32.2. The van der Waals surface area contributed by atoms with Gasteiger partial charge in [-0.3, -0.25) is 0 Å². The van der Waals surface area contributed by atoms with Gasteiger partial charge in [0.05, 0.1) is 6.61 Å². The molecule has 5 nitrogen and oxygen atoms in total. The number of rotatable bonds is 6. The summed E-state index contributed by atoms with van der Waals surface area (Å²) in [5.74, 6) is 0.283. The topological polar surface area (TPSA) is 79.5 Å². The second-order valence-electron chi connectivity index (χ2n) is 5.23. The van der Waals surface area contributed by atoms with Crippen LogP contribution in [0.4, 0.5) is 0 Å². The lowest BCUT2D eigenvalue weighted by Gasteiger charge is -2.17. The zero-order valence-corrected chi connectivity index (χ0v) is 12.4. The summed E-state index contributed by atoms with van der Waals surface area (Å²) in [4.78, 5) is 0. The monoisotopic (exact) mass is 297 g/mol. The molecule has 0 aliphatic rings. The summed E-state index contributed by atoms with van der Waals surface area (Å²) in [7, 11) is -3.76. The fourth-order valence-electron chi connectivity index (χ4n) is 2.10. The molecule has 0 spiro atoms. The Morgan fingerprint density at radius 2 is 2.00 bits per heavy atom. The summed E-state index contributed by atoms with van der Waals surface area (Å²) in [5.41, 5.74) is 0.525. The van der Waals surface area contributed by atoms with Crippen molar-refractivity contribution in [3.8, 4) is 0 Å². The molecule has 2 rings (SSSR count). The van der Waals surface area contributed by atoms with E-state index in [-0.39, 0.29) is 17.6 Å². The van der Waals surface area contributed by atoms with E-state index in [1.54, 1.807) is 18.2 Å². The first-order valence-corrected chi connectivity index (χ1v) is 8.02. The van der Waals surface area contributed by atoms with Gasteiger partial charge in [0, 0.05) is 17.5 Å². The minimum Gasteiger partial charge on any atom is -0.443 e. The molecule has 0 amide bonds. The van der Waals surface area contributed by atoms with Crippen molar-refractivity contribution >= 4 is 21.0 Å². The number of sulfonamides is 1. The van der Waals surface area contributed by atoms with Crippen molar-refractivity contribution in [2.75, 3.05) is 6.61 Å². The molecule has 2 aromatic rings. The van der Waals surface area contributed by atoms with Gasteiger partial charge in [-0.25, -0.2) is 13.1 Å². The summed E-state index contributed by atoms with van der Waals surface area (Å²) in [6.07, 6.45) is 0.565. The largest absolute Gasteiger partial charge is 0.443 e. The van der Waals surface area contributed by atoms with Crippen molar-refractivity contribution in [3.63, 3.8) is 0 Å². The van der Waals surface area contributed by atoms with E-state index in [0.717, 1.165) is 5.39 Å². The molecule has 0 radical (unpaired) electrons. The van der Waals surface area contributed by atoms with Crippen molar-refractivity contribution in [2.45, 2.75) is 31.4 Å². The Kier molecular flexibility index (Phi) is 4.47. The van der Waals surface area contributed by atoms with Crippen molar-refractivity contribution in [3.05, 3.63) is 30.3 Å². The molecule has 20 heavy (non-hydrogen) atoms. The van der Waals surface area contributed by atoms with E-state index >= 15 is 0 Å². The summed E-state index contributed by atoms with van der Waals surface area (Å²) in [5, 5.41) is 9.88. The molecule has 0 fully saturated rings. The van der Waals surface area contributed by atoms with Gasteiger partial charge in [-0.15, -0.1) is 0 Å². The van der Waals surface area contributed by atoms with Crippen LogP contribution in [0.5, 0.6) is 0 Å². The number of aliphatic hydroxyl groups is 1. The highest BCUT2D eigenvalue weighted by Crippen LogP contribution is 2.22. The van der Waals surface area contributed by atoms with Gasteiger partial charge in [0.2, 0.25) is 5.09 Å². The number of nitrogens with one attached hydrogen (secondary N) is 1. The van der Waals surface area contributed by atoms with Gasteiger partial charge in [0.25, 0.3) is 10.0 Å². The van der Waals surface area contributed by atoms with Crippen LogP contribution >= 0.6 is 0 Å². The Bertz CT molecular complexity index is 642. The Morgan fingerprint density at radius 1 is 1.30 bits per heavy atom. The molecule has 2 N–H and O–H groups in total. The van der Waals surface area contributed by atoms with Crippen LogP contribution in [0.15, 0.2) is 39.8 Å². The Labute approximate surface area is 118 Å². The normalized spacial score (nSPS) is 14.0. The van der Waals surface area contributed by atoms with E-state index in [0.29, 0.717) is 12.0 Å². The lowest BCUT2D eigenvalue weighted by molar-refractivity contribution is 0.239. The minimum atomic E-state index is -3.76. The Hall–Kier alpha value is -1.37. The van der Waals surface area contributed by atoms with Gasteiger partial charge >= 0.3 is 0 Å². The van der Waals surface area contributed by atoms with Crippen molar-refractivity contribution in [2.24, 2.45) is 5.92 Å². The number of para-hydroxylation sites is 1. The molecule has 0 saturated heterocycles. The lowest BCUT2D eigenvalue weighted by atomic mass is 10.1. The Morgan fingerprint density at radius 3 is 2.60 bits per heavy atom. The smallest absolute Gasteiger partial charge is 0.274 e. The first-order valence-electron chi connectivity index (χ1n) is 6.54. The molecule has 1 aromatic heterocycles. The number of aliphatic hydroxyl groups excluding tert-OH is 1. The highest BCUT2D eigenvalue weighted by molar-refractivity contribution is 7.89. The van der Waals surface area contributed by atoms with Gasteiger partial charge in [-0.05, 0) is 18.4 Å². The van der Waals surface area contributed by atoms with Crippen molar-refractivity contribution in [1.82, 2.24) is 4.72 Å². The third-order valence-electron chi connectivity index (χ3n) is 2.97. The number of benzene rings is 1. The number of hydrogen-bond acceptors (Lipinski definition) is 4. The summed E-state index contributed by atoms with van der Waals surface area (Å²) < 4.78 is 32.3. The van der Waals surface area contributed by atoms with Crippen LogP contribution in [0, 0.1) is 5.92 Å². The zero-order chi connectivity index (χ0) is 14.8. The molecule has 0 saturated carbocycles. The van der Waals surface area contributed by atoms with Gasteiger partial charge in [-0.1, -0.05) is 32.0 Å². The second-order valence-corrected chi connectivity index (χ2v) is 6.88. The average Bonchev–Trinajstić information content (AvgIpc) is 2.81. The molecule has 0 aliphatic heterocycles. The highest BCUT2D eigenvalue weighted by Gasteiger charge is 2.23. The zero-order valence-electron chi connectivity index (χ0n) is 11.5. The molecular weight excluding hydrogens is 278 g/mol. The quantitative estimate of drug-likeness (QED) is 0.856. The van der Waals surface area contributed by atoms with Gasteiger partial charge in [0.1, 0.15) is 5.58 Å². The molecule has 1 heterocycles. The maximum Gasteiger partial charge on any atom is 0.274 e. The van der Waals surface area contributed by atoms with E-state index in [9.17, 15) is 13.5 Å². The molecular formula is C14H19NO4S. The minimum absolute atomic E-state index is 0.124. The standard InChI is InChI=1S/C14H19NO4S/c1-10(2)7-12(9-16)15-20(17,18)14-8-11-5-3-4-6-13(11)19-14/h3-6,8,10,12,15-16H,7,9H2,1-2H3. The maximum absolute atomic E-state index is 12.2. The number of furan rings is 1. The summed E-state index contributed by atoms with van der Waals surface area (Å²) in [6.45, 7) is 3.70. The number of hydrogen-bond donors (Lipinski definition) is 2. The van der Waals surface area contributed by atoms with Gasteiger partial charge in [-0.2, -0.15) is 0 Å². The van der Waals surface area contributed by atoms with Crippen LogP contribution in [-0.4, -0.2) is 26.2 Å². The average molecular weight is 297 g/mol. The molecule has 1 aromatic carbocycles. The molecule has 6 heteroatoms. The van der Waals surface area contributed by atoms with Gasteiger partial charge < -0.3 is 9.52 Å². The third-order valence-corrected chi connectivity index (χ3v) is 4.34. The van der Waals surface area contributed by atoms with E-state index in [2.05, 4.69) is 4.72 Å². The van der Waals surface area contributed by atoms with E-state index in [4.69, 9.17) is 4.42 Å². The molecule has 0 bridgehead atoms. The Balaban J connectivity index is 2.25. The first-order chi connectivity index (χ1) is 9.42. The van der Waals surface area contributed by atoms with Crippen LogP contribution < -0.4 is 4.72 Å². The fraction of sp³-hybridized carbons (Fsp3) is 0.429. The van der Waals surface area contributed by atoms with Crippen LogP contribution in [0.25, 0.3) is 11.0 Å². The predicted molar refractivity (Wildman–Crippen MR) is 76.9 cm³/mol. The molecule has 0 aliphatic carbocycles. The van der Waals surface area contributed by atoms with Crippen LogP contribution in [-0.2, 0) is 10.0 Å². The third kappa shape index (κ3) is 3.39. The second kappa shape index (κ2) is 5.95. The molecule has 1 atom stereocenters. The summed E-state index contributed by atoms with van der Waals surface area (Å²) >= 11 is 0. The van der Waals surface area contributed by atoms with E-state index < -0.39 is 16.1 Å². The molecule has 1 unspecified atom stereocenters. The molecule has 110 valence electrons. The van der Waals surface area contributed by atoms with Crippen LogP contribution in [0.3, 0.4) is 0 Å². The lowest BCUT2D eigenvalue weighted by Crippen LogP contribution is -2.38.